The van der Waals surface area contributed by atoms with Gasteiger partial charge >= 0.3 is 0 Å². The van der Waals surface area contributed by atoms with Crippen molar-refractivity contribution >= 4 is 5.91 Å². The van der Waals surface area contributed by atoms with Crippen LogP contribution in [-0.2, 0) is 6.54 Å². The van der Waals surface area contributed by atoms with Gasteiger partial charge in [0, 0.05) is 18.7 Å². The van der Waals surface area contributed by atoms with Gasteiger partial charge in [-0.3, -0.25) is 10.0 Å². The highest BCUT2D eigenvalue weighted by Gasteiger charge is 2.50. The summed E-state index contributed by atoms with van der Waals surface area (Å²) in [5.41, 5.74) is 5.07. The van der Waals surface area contributed by atoms with Gasteiger partial charge in [0.15, 0.2) is 0 Å². The summed E-state index contributed by atoms with van der Waals surface area (Å²) >= 11 is 0. The molecule has 0 radical (unpaired) electrons. The molecule has 4 heteroatoms. The van der Waals surface area contributed by atoms with Gasteiger partial charge in [-0.2, -0.15) is 0 Å². The van der Waals surface area contributed by atoms with E-state index < -0.39 is 5.91 Å². The van der Waals surface area contributed by atoms with Crippen molar-refractivity contribution in [3.05, 3.63) is 34.9 Å². The van der Waals surface area contributed by atoms with Crippen molar-refractivity contribution in [1.82, 2.24) is 10.8 Å². The van der Waals surface area contributed by atoms with Crippen molar-refractivity contribution in [2.45, 2.75) is 52.0 Å². The number of nitrogens with one attached hydrogen (secondary N) is 2. The normalized spacial score (nSPS) is 33.7. The van der Waals surface area contributed by atoms with Crippen LogP contribution in [0.2, 0.25) is 0 Å². The van der Waals surface area contributed by atoms with Crippen molar-refractivity contribution in [2.24, 2.45) is 23.2 Å². The van der Waals surface area contributed by atoms with Crippen molar-refractivity contribution in [3.63, 3.8) is 0 Å². The summed E-state index contributed by atoms with van der Waals surface area (Å²) < 4.78 is 0. The Labute approximate surface area is 144 Å². The third-order valence-corrected chi connectivity index (χ3v) is 6.69. The minimum atomic E-state index is -0.453. The van der Waals surface area contributed by atoms with Gasteiger partial charge in [-0.15, -0.1) is 0 Å². The molecule has 24 heavy (non-hydrogen) atoms. The van der Waals surface area contributed by atoms with E-state index in [1.54, 1.807) is 11.5 Å². The number of benzene rings is 1. The van der Waals surface area contributed by atoms with Crippen LogP contribution in [-0.4, -0.2) is 17.7 Å². The predicted octanol–water partition coefficient (Wildman–Crippen LogP) is 3.42. The quantitative estimate of drug-likeness (QED) is 0.573. The number of carbonyl (C=O) groups is 1. The molecule has 0 unspecified atom stereocenters. The Morgan fingerprint density at radius 2 is 1.79 bits per heavy atom. The molecule has 130 valence electrons. The van der Waals surface area contributed by atoms with E-state index in [2.05, 4.69) is 5.32 Å². The summed E-state index contributed by atoms with van der Waals surface area (Å²) in [6.07, 6.45) is 8.77. The Balaban J connectivity index is 1.37. The average molecular weight is 328 g/mol. The fourth-order valence-electron chi connectivity index (χ4n) is 6.07. The third kappa shape index (κ3) is 2.98. The lowest BCUT2D eigenvalue weighted by Gasteiger charge is -2.57. The number of carbonyl (C=O) groups excluding carboxylic acids is 1. The van der Waals surface area contributed by atoms with E-state index in [-0.39, 0.29) is 0 Å². The molecule has 5 rings (SSSR count). The molecule has 4 aliphatic rings. The first-order valence-electron chi connectivity index (χ1n) is 9.31. The molecule has 4 nitrogen and oxygen atoms in total. The van der Waals surface area contributed by atoms with Gasteiger partial charge in [0.2, 0.25) is 0 Å². The molecule has 1 aromatic carbocycles. The van der Waals surface area contributed by atoms with Crippen LogP contribution < -0.4 is 10.8 Å². The Morgan fingerprint density at radius 1 is 1.17 bits per heavy atom. The standard InChI is InChI=1S/C20H28N2O2/c1-13-4-17(19(23)22-24)2-3-18(13)11-21-12-20-8-14-5-15(9-20)7-16(6-14)10-20/h2-4,14-16,21,24H,5-12H2,1H3,(H,22,23). The second-order valence-corrected chi connectivity index (χ2v) is 8.60. The topological polar surface area (TPSA) is 61.4 Å². The molecule has 4 aliphatic carbocycles. The van der Waals surface area contributed by atoms with Gasteiger partial charge in [-0.25, -0.2) is 5.48 Å². The van der Waals surface area contributed by atoms with E-state index >= 15 is 0 Å². The van der Waals surface area contributed by atoms with Crippen LogP contribution in [0.1, 0.15) is 60.0 Å². The second kappa shape index (κ2) is 6.16. The number of rotatable bonds is 5. The highest BCUT2D eigenvalue weighted by molar-refractivity contribution is 5.93. The molecule has 4 fully saturated rings. The molecule has 4 bridgehead atoms. The van der Waals surface area contributed by atoms with E-state index in [0.717, 1.165) is 36.4 Å². The minimum absolute atomic E-state index is 0.453. The van der Waals surface area contributed by atoms with Crippen LogP contribution in [0.15, 0.2) is 18.2 Å². The Hall–Kier alpha value is -1.39. The fraction of sp³-hybridized carbons (Fsp3) is 0.650. The maximum atomic E-state index is 11.5. The third-order valence-electron chi connectivity index (χ3n) is 6.69. The smallest absolute Gasteiger partial charge is 0.274 e. The molecular formula is C20H28N2O2. The summed E-state index contributed by atoms with van der Waals surface area (Å²) in [6.45, 7) is 4.01. The largest absolute Gasteiger partial charge is 0.312 e. The molecule has 4 saturated carbocycles. The van der Waals surface area contributed by atoms with E-state index in [1.807, 2.05) is 19.1 Å². The zero-order chi connectivity index (χ0) is 16.7. The molecule has 1 amide bonds. The van der Waals surface area contributed by atoms with Gasteiger partial charge in [0.05, 0.1) is 0 Å². The average Bonchev–Trinajstić information content (AvgIpc) is 2.54. The number of hydrogen-bond donors (Lipinski definition) is 3. The summed E-state index contributed by atoms with van der Waals surface area (Å²) in [7, 11) is 0. The molecule has 3 N–H and O–H groups in total. The minimum Gasteiger partial charge on any atom is -0.312 e. The van der Waals surface area contributed by atoms with Crippen molar-refractivity contribution in [2.75, 3.05) is 6.54 Å². The van der Waals surface area contributed by atoms with Crippen LogP contribution in [0.4, 0.5) is 0 Å². The molecular weight excluding hydrogens is 300 g/mol. The van der Waals surface area contributed by atoms with Crippen molar-refractivity contribution in [1.29, 1.82) is 0 Å². The molecule has 0 aliphatic heterocycles. The SMILES string of the molecule is Cc1cc(C(=O)NO)ccc1CNCC12CC3CC(CC(C3)C1)C2. The van der Waals surface area contributed by atoms with Crippen molar-refractivity contribution in [3.8, 4) is 0 Å². The van der Waals surface area contributed by atoms with Crippen LogP contribution in [0.5, 0.6) is 0 Å². The molecule has 0 heterocycles. The monoisotopic (exact) mass is 328 g/mol. The number of hydrogen-bond acceptors (Lipinski definition) is 3. The van der Waals surface area contributed by atoms with Gasteiger partial charge in [0.1, 0.15) is 0 Å². The zero-order valence-electron chi connectivity index (χ0n) is 14.5. The first kappa shape index (κ1) is 16.1. The van der Waals surface area contributed by atoms with E-state index in [4.69, 9.17) is 5.21 Å². The summed E-state index contributed by atoms with van der Waals surface area (Å²) in [6, 6.07) is 5.61. The molecule has 0 saturated heterocycles. The van der Waals surface area contributed by atoms with E-state index in [1.165, 1.54) is 44.1 Å². The first-order valence-corrected chi connectivity index (χ1v) is 9.31. The lowest BCUT2D eigenvalue weighted by atomic mass is 9.49. The maximum Gasteiger partial charge on any atom is 0.274 e. The molecule has 0 aromatic heterocycles. The second-order valence-electron chi connectivity index (χ2n) is 8.60. The Bertz CT molecular complexity index is 605. The van der Waals surface area contributed by atoms with Crippen LogP contribution in [0.3, 0.4) is 0 Å². The molecule has 0 spiro atoms. The first-order chi connectivity index (χ1) is 11.6. The van der Waals surface area contributed by atoms with Gasteiger partial charge in [0.25, 0.3) is 5.91 Å². The number of aryl methyl sites for hydroxylation is 1. The predicted molar refractivity (Wildman–Crippen MR) is 92.7 cm³/mol. The molecule has 1 aromatic rings. The van der Waals surface area contributed by atoms with E-state index in [0.29, 0.717) is 11.0 Å². The maximum absolute atomic E-state index is 11.5. The fourth-order valence-corrected chi connectivity index (χ4v) is 6.07. The zero-order valence-corrected chi connectivity index (χ0v) is 14.5. The van der Waals surface area contributed by atoms with Crippen LogP contribution >= 0.6 is 0 Å². The van der Waals surface area contributed by atoms with E-state index in [9.17, 15) is 4.79 Å². The lowest BCUT2D eigenvalue weighted by Crippen LogP contribution is -2.50. The van der Waals surface area contributed by atoms with Crippen molar-refractivity contribution < 1.29 is 10.0 Å². The summed E-state index contributed by atoms with van der Waals surface area (Å²) in [4.78, 5) is 11.5. The highest BCUT2D eigenvalue weighted by Crippen LogP contribution is 2.59. The summed E-state index contributed by atoms with van der Waals surface area (Å²) in [5.74, 6) is 2.54. The Morgan fingerprint density at radius 3 is 2.33 bits per heavy atom. The van der Waals surface area contributed by atoms with Crippen LogP contribution in [0, 0.1) is 30.1 Å². The Kier molecular flexibility index (Phi) is 4.13. The van der Waals surface area contributed by atoms with Gasteiger partial charge in [-0.05, 0) is 91.9 Å². The van der Waals surface area contributed by atoms with Gasteiger partial charge in [-0.1, -0.05) is 6.07 Å². The highest BCUT2D eigenvalue weighted by atomic mass is 16.5. The van der Waals surface area contributed by atoms with Crippen LogP contribution in [0.25, 0.3) is 0 Å². The number of amides is 1. The van der Waals surface area contributed by atoms with Gasteiger partial charge < -0.3 is 5.32 Å². The molecule has 0 atom stereocenters. The number of hydroxylamine groups is 1. The lowest BCUT2D eigenvalue weighted by molar-refractivity contribution is -0.0514. The summed E-state index contributed by atoms with van der Waals surface area (Å²) in [5, 5.41) is 12.4.